The number of rotatable bonds is 47. The van der Waals surface area contributed by atoms with Gasteiger partial charge in [-0.25, -0.2) is 0 Å². The predicted octanol–water partition coefficient (Wildman–Crippen LogP) is 19.9. The van der Waals surface area contributed by atoms with E-state index in [-0.39, 0.29) is 0 Å². The van der Waals surface area contributed by atoms with Crippen LogP contribution in [0.25, 0.3) is 0 Å². The van der Waals surface area contributed by atoms with Crippen molar-refractivity contribution in [3.05, 3.63) is 0 Å². The molecule has 52 heavy (non-hydrogen) atoms. The molecule has 0 unspecified atom stereocenters. The van der Waals surface area contributed by atoms with Gasteiger partial charge in [-0.2, -0.15) is 0 Å². The summed E-state index contributed by atoms with van der Waals surface area (Å²) in [5.74, 6) is 0. The zero-order valence-electron chi connectivity index (χ0n) is 37.7. The first-order chi connectivity index (χ1) is 25.7. The third-order valence-corrected chi connectivity index (χ3v) is 17.8. The van der Waals surface area contributed by atoms with Crippen molar-refractivity contribution in [3.63, 3.8) is 0 Å². The van der Waals surface area contributed by atoms with E-state index in [1.54, 1.807) is 50.3 Å². The van der Waals surface area contributed by atoms with Gasteiger partial charge in [0.15, 0.2) is 0 Å². The Morgan fingerprint density at radius 3 is 0.404 bits per heavy atom. The average Bonchev–Trinajstić information content (AvgIpc) is 3.15. The largest absolute Gasteiger partial charge is 0.0654 e. The van der Waals surface area contributed by atoms with Crippen molar-refractivity contribution in [1.82, 2.24) is 0 Å². The molecule has 0 N–H and O–H groups in total. The van der Waals surface area contributed by atoms with Gasteiger partial charge in [0.2, 0.25) is 0 Å². The Hall–Kier alpha value is 0.430. The van der Waals surface area contributed by atoms with Crippen molar-refractivity contribution < 1.29 is 0 Å². The first kappa shape index (κ1) is 52.4. The molecule has 0 bridgehead atoms. The van der Waals surface area contributed by atoms with Gasteiger partial charge in [0.05, 0.1) is 24.6 Å². The molecule has 0 atom stereocenters. The smallest absolute Gasteiger partial charge is 0.0594 e. The molecule has 314 valence electrons. The average molecular weight is 750 g/mol. The summed E-state index contributed by atoms with van der Waals surface area (Å²) in [6.07, 6.45) is 70.7. The molecule has 0 aromatic rings. The van der Waals surface area contributed by atoms with Crippen LogP contribution in [0.2, 0.25) is 0 Å². The third kappa shape index (κ3) is 40.1. The van der Waals surface area contributed by atoms with E-state index in [0.717, 1.165) is 0 Å². The fraction of sp³-hybridized carbons (Fsp3) is 1.00. The molecule has 0 amide bonds. The summed E-state index contributed by atoms with van der Waals surface area (Å²) >= 11 is 0. The molecule has 0 aliphatic heterocycles. The summed E-state index contributed by atoms with van der Waals surface area (Å²) in [4.78, 5) is 0. The van der Waals surface area contributed by atoms with Gasteiger partial charge in [-0.15, -0.1) is 0 Å². The molecule has 0 aromatic carbocycles. The van der Waals surface area contributed by atoms with Crippen molar-refractivity contribution in [3.8, 4) is 0 Å². The molecule has 0 aliphatic carbocycles. The van der Waals surface area contributed by atoms with E-state index in [9.17, 15) is 0 Å². The molecule has 0 radical (unpaired) electrons. The lowest BCUT2D eigenvalue weighted by molar-refractivity contribution is 0.531. The van der Waals surface area contributed by atoms with Crippen LogP contribution in [0, 0.1) is 0 Å². The van der Waals surface area contributed by atoms with Crippen LogP contribution in [0.4, 0.5) is 0 Å². The Balaban J connectivity index is 4.74. The second-order valence-corrected chi connectivity index (χ2v) is 22.5. The Labute approximate surface area is 334 Å². The predicted molar refractivity (Wildman–Crippen MR) is 248 cm³/mol. The summed E-state index contributed by atoms with van der Waals surface area (Å²) in [5, 5.41) is 0. The van der Waals surface area contributed by atoms with E-state index in [2.05, 4.69) is 27.7 Å². The highest BCUT2D eigenvalue weighted by Gasteiger charge is 2.35. The van der Waals surface area contributed by atoms with Crippen LogP contribution in [0.1, 0.15) is 304 Å². The molecule has 0 fully saturated rings. The maximum Gasteiger partial charge on any atom is 0.0594 e. The van der Waals surface area contributed by atoms with Crippen molar-refractivity contribution in [2.45, 2.75) is 304 Å². The normalized spacial score (nSPS) is 12.0. The zero-order valence-corrected chi connectivity index (χ0v) is 38.6. The SMILES string of the molecule is CCCCCCCCCCCCCCCCCC[P+](CCCCCCCCCCC)(CCCCCCCCCCC)CCCCCCCCCCC. The molecular weight excluding hydrogens is 644 g/mol. The fourth-order valence-electron chi connectivity index (χ4n) is 8.94. The molecular formula is C51H106P+. The first-order valence-electron chi connectivity index (χ1n) is 25.6. The highest BCUT2D eigenvalue weighted by Crippen LogP contribution is 2.61. The molecule has 0 aliphatic rings. The van der Waals surface area contributed by atoms with Gasteiger partial charge in [0.1, 0.15) is 0 Å². The highest BCUT2D eigenvalue weighted by atomic mass is 31.2. The molecule has 0 nitrogen and oxygen atoms in total. The maximum atomic E-state index is 2.35. The molecule has 0 spiro atoms. The molecule has 0 saturated carbocycles. The minimum absolute atomic E-state index is 0.796. The Morgan fingerprint density at radius 2 is 0.269 bits per heavy atom. The Bertz CT molecular complexity index is 557. The van der Waals surface area contributed by atoms with E-state index >= 15 is 0 Å². The second kappa shape index (κ2) is 45.8. The summed E-state index contributed by atoms with van der Waals surface area (Å²) in [6.45, 7) is 9.36. The minimum atomic E-state index is -0.796. The first-order valence-corrected chi connectivity index (χ1v) is 28.1. The van der Waals surface area contributed by atoms with E-state index in [1.807, 2.05) is 0 Å². The van der Waals surface area contributed by atoms with Crippen LogP contribution in [0.5, 0.6) is 0 Å². The Kier molecular flexibility index (Phi) is 46.2. The monoisotopic (exact) mass is 750 g/mol. The van der Waals surface area contributed by atoms with Gasteiger partial charge in [0.25, 0.3) is 0 Å². The number of hydrogen-bond acceptors (Lipinski definition) is 0. The van der Waals surface area contributed by atoms with Crippen molar-refractivity contribution in [1.29, 1.82) is 0 Å². The molecule has 0 rings (SSSR count). The van der Waals surface area contributed by atoms with Crippen LogP contribution >= 0.6 is 7.26 Å². The molecule has 0 heterocycles. The lowest BCUT2D eigenvalue weighted by atomic mass is 10.0. The van der Waals surface area contributed by atoms with Gasteiger partial charge in [-0.05, 0) is 51.4 Å². The van der Waals surface area contributed by atoms with Crippen LogP contribution in [-0.2, 0) is 0 Å². The van der Waals surface area contributed by atoms with Gasteiger partial charge in [0, 0.05) is 7.26 Å². The van der Waals surface area contributed by atoms with Crippen LogP contribution < -0.4 is 0 Å². The second-order valence-electron chi connectivity index (χ2n) is 18.0. The van der Waals surface area contributed by atoms with Crippen LogP contribution in [0.15, 0.2) is 0 Å². The van der Waals surface area contributed by atoms with Crippen molar-refractivity contribution in [2.24, 2.45) is 0 Å². The highest BCUT2D eigenvalue weighted by molar-refractivity contribution is 7.75. The quantitative estimate of drug-likeness (QED) is 0.0429. The van der Waals surface area contributed by atoms with Gasteiger partial charge < -0.3 is 0 Å². The standard InChI is InChI=1S/C51H106P/c1-5-9-13-17-21-25-26-27-28-29-30-31-35-39-43-47-51-52(48-44-40-36-32-22-18-14-10-6-2,49-45-41-37-33-23-19-15-11-7-3)50-46-42-38-34-24-20-16-12-8-4/h5-51H2,1-4H3/q+1. The molecule has 1 heteroatoms. The van der Waals surface area contributed by atoms with Gasteiger partial charge in [-0.1, -0.05) is 252 Å². The zero-order chi connectivity index (χ0) is 37.7. The van der Waals surface area contributed by atoms with Gasteiger partial charge in [-0.3, -0.25) is 0 Å². The molecule has 0 saturated heterocycles. The summed E-state index contributed by atoms with van der Waals surface area (Å²) < 4.78 is 0. The number of unbranched alkanes of at least 4 members (excludes halogenated alkanes) is 39. The number of hydrogen-bond donors (Lipinski definition) is 0. The topological polar surface area (TPSA) is 0 Å². The Morgan fingerprint density at radius 1 is 0.154 bits per heavy atom. The summed E-state index contributed by atoms with van der Waals surface area (Å²) in [5.41, 5.74) is 0. The van der Waals surface area contributed by atoms with E-state index in [1.165, 1.54) is 250 Å². The van der Waals surface area contributed by atoms with Crippen LogP contribution in [-0.4, -0.2) is 24.6 Å². The third-order valence-electron chi connectivity index (χ3n) is 12.7. The van der Waals surface area contributed by atoms with Gasteiger partial charge >= 0.3 is 0 Å². The lowest BCUT2D eigenvalue weighted by Crippen LogP contribution is -2.13. The van der Waals surface area contributed by atoms with E-state index < -0.39 is 7.26 Å². The van der Waals surface area contributed by atoms with E-state index in [4.69, 9.17) is 0 Å². The van der Waals surface area contributed by atoms with Crippen molar-refractivity contribution >= 4 is 7.26 Å². The summed E-state index contributed by atoms with van der Waals surface area (Å²) in [7, 11) is -0.796. The fourth-order valence-corrected chi connectivity index (χ4v) is 13.9. The van der Waals surface area contributed by atoms with Crippen LogP contribution in [0.3, 0.4) is 0 Å². The van der Waals surface area contributed by atoms with Crippen molar-refractivity contribution in [2.75, 3.05) is 24.6 Å². The van der Waals surface area contributed by atoms with E-state index in [0.29, 0.717) is 0 Å². The lowest BCUT2D eigenvalue weighted by Gasteiger charge is -2.28. The molecule has 0 aromatic heterocycles. The summed E-state index contributed by atoms with van der Waals surface area (Å²) in [6, 6.07) is 0. The maximum absolute atomic E-state index is 2.35. The minimum Gasteiger partial charge on any atom is -0.0654 e.